The van der Waals surface area contributed by atoms with Gasteiger partial charge in [0, 0.05) is 87.5 Å². The summed E-state index contributed by atoms with van der Waals surface area (Å²) in [5.74, 6) is -0.479. The molecule has 2 heterocycles. The molecule has 3 amide bonds. The number of carbonyl (C=O) groups excluding carboxylic acids is 2. The van der Waals surface area contributed by atoms with Gasteiger partial charge in [0.2, 0.25) is 11.9 Å². The van der Waals surface area contributed by atoms with Gasteiger partial charge in [0.05, 0.1) is 5.60 Å². The third-order valence-corrected chi connectivity index (χ3v) is 8.93. The molecule has 2 unspecified atom stereocenters. The van der Waals surface area contributed by atoms with Crippen LogP contribution in [0.15, 0.2) is 30.3 Å². The summed E-state index contributed by atoms with van der Waals surface area (Å²) in [6, 6.07) is 9.03. The molecular formula is C29H33ClFN7O3. The fraction of sp³-hybridized carbons (Fsp3) is 0.448. The van der Waals surface area contributed by atoms with Gasteiger partial charge in [0.15, 0.2) is 5.82 Å². The summed E-state index contributed by atoms with van der Waals surface area (Å²) in [5, 5.41) is 14.9. The van der Waals surface area contributed by atoms with Gasteiger partial charge in [0.1, 0.15) is 11.3 Å². The number of primary amides is 1. The molecule has 2 aromatic carbocycles. The molecule has 6 rings (SSSR count). The highest BCUT2D eigenvalue weighted by Gasteiger charge is 2.60. The third kappa shape index (κ3) is 4.91. The minimum absolute atomic E-state index is 0.0609. The Morgan fingerprint density at radius 2 is 1.95 bits per heavy atom. The van der Waals surface area contributed by atoms with Crippen molar-refractivity contribution in [3.63, 3.8) is 0 Å². The molecule has 2 aliphatic carbocycles. The Bertz CT molecular complexity index is 1540. The monoisotopic (exact) mass is 581 g/mol. The number of halogens is 2. The van der Waals surface area contributed by atoms with E-state index in [9.17, 15) is 14.7 Å². The first-order valence-electron chi connectivity index (χ1n) is 13.8. The average molecular weight is 582 g/mol. The summed E-state index contributed by atoms with van der Waals surface area (Å²) < 4.78 is 16.7. The summed E-state index contributed by atoms with van der Waals surface area (Å²) in [4.78, 5) is 38.1. The Morgan fingerprint density at radius 3 is 2.66 bits per heavy atom. The molecule has 1 saturated carbocycles. The Morgan fingerprint density at radius 1 is 1.22 bits per heavy atom. The lowest BCUT2D eigenvalue weighted by molar-refractivity contribution is -0.128. The SMILES string of the molecule is CN(C)C(=O)CCNc1nc(N2CCN(C(N)=O)CC2)c2cc(Cl)c(C3c4ccccc4CC4(O)C[C@H]34)c(F)c2n1. The maximum atomic E-state index is 16.7. The molecule has 12 heteroatoms. The second kappa shape index (κ2) is 10.3. The zero-order valence-corrected chi connectivity index (χ0v) is 23.8. The number of rotatable bonds is 6. The zero-order valence-electron chi connectivity index (χ0n) is 23.0. The number of anilines is 2. The van der Waals surface area contributed by atoms with Crippen LogP contribution in [-0.2, 0) is 11.2 Å². The lowest BCUT2D eigenvalue weighted by Gasteiger charge is -2.35. The normalized spacial score (nSPS) is 23.1. The van der Waals surface area contributed by atoms with Gasteiger partial charge in [-0.05, 0) is 23.6 Å². The topological polar surface area (TPSA) is 128 Å². The van der Waals surface area contributed by atoms with Crippen molar-refractivity contribution >= 4 is 46.2 Å². The van der Waals surface area contributed by atoms with Crippen molar-refractivity contribution in [3.05, 3.63) is 57.9 Å². The van der Waals surface area contributed by atoms with Crippen molar-refractivity contribution in [3.8, 4) is 0 Å². The highest BCUT2D eigenvalue weighted by atomic mass is 35.5. The van der Waals surface area contributed by atoms with Gasteiger partial charge >= 0.3 is 6.03 Å². The van der Waals surface area contributed by atoms with Crippen molar-refractivity contribution in [1.29, 1.82) is 0 Å². The molecule has 4 N–H and O–H groups in total. The molecule has 1 aliphatic heterocycles. The molecule has 0 bridgehead atoms. The first-order valence-corrected chi connectivity index (χ1v) is 14.2. The van der Waals surface area contributed by atoms with E-state index < -0.39 is 23.4 Å². The van der Waals surface area contributed by atoms with E-state index in [1.807, 2.05) is 29.2 Å². The van der Waals surface area contributed by atoms with Gasteiger partial charge in [-0.3, -0.25) is 4.79 Å². The van der Waals surface area contributed by atoms with Crippen molar-refractivity contribution < 1.29 is 19.1 Å². The van der Waals surface area contributed by atoms with E-state index in [-0.39, 0.29) is 41.3 Å². The van der Waals surface area contributed by atoms with Crippen LogP contribution in [0.3, 0.4) is 0 Å². The minimum atomic E-state index is -0.869. The van der Waals surface area contributed by atoms with E-state index in [4.69, 9.17) is 22.3 Å². The molecular weight excluding hydrogens is 549 g/mol. The fourth-order valence-corrected chi connectivity index (χ4v) is 6.61. The smallest absolute Gasteiger partial charge is 0.314 e. The second-order valence-electron chi connectivity index (χ2n) is 11.4. The van der Waals surface area contributed by atoms with E-state index in [1.54, 1.807) is 25.1 Å². The Hall–Kier alpha value is -3.70. The molecule has 1 aromatic heterocycles. The number of piperazine rings is 1. The standard InChI is InChI=1S/C29H33ClFN7O3/c1-36(2)21(39)7-8-33-28-34-25-18(26(35-28)37-9-11-38(12-10-37)27(32)40)13-20(30)23(24(25)31)22-17-6-4-3-5-16(17)14-29(41)15-19(22)29/h3-6,13,19,22,41H,7-12,14-15H2,1-2H3,(H2,32,40)(H,33,34,35)/t19-,22?,29?/m1/s1. The highest BCUT2D eigenvalue weighted by Crippen LogP contribution is 2.61. The number of hydrogen-bond donors (Lipinski definition) is 3. The van der Waals surface area contributed by atoms with E-state index in [0.717, 1.165) is 11.1 Å². The second-order valence-corrected chi connectivity index (χ2v) is 11.8. The van der Waals surface area contributed by atoms with Crippen LogP contribution in [0.5, 0.6) is 0 Å². The van der Waals surface area contributed by atoms with Crippen LogP contribution in [0.2, 0.25) is 5.02 Å². The Kier molecular flexibility index (Phi) is 6.89. The van der Waals surface area contributed by atoms with E-state index in [0.29, 0.717) is 55.8 Å². The number of benzene rings is 2. The lowest BCUT2D eigenvalue weighted by atomic mass is 9.77. The van der Waals surface area contributed by atoms with Crippen LogP contribution in [-0.4, -0.2) is 89.2 Å². The van der Waals surface area contributed by atoms with Crippen molar-refractivity contribution in [2.75, 3.05) is 57.0 Å². The summed E-state index contributed by atoms with van der Waals surface area (Å²) in [7, 11) is 3.37. The number of carbonyl (C=O) groups is 2. The van der Waals surface area contributed by atoms with Gasteiger partial charge in [-0.2, -0.15) is 4.98 Å². The van der Waals surface area contributed by atoms with Gasteiger partial charge < -0.3 is 30.9 Å². The summed E-state index contributed by atoms with van der Waals surface area (Å²) >= 11 is 6.88. The number of nitrogens with zero attached hydrogens (tertiary/aromatic N) is 5. The number of amides is 3. The number of fused-ring (bicyclic) bond motifs is 3. The van der Waals surface area contributed by atoms with Crippen molar-refractivity contribution in [2.24, 2.45) is 11.7 Å². The molecule has 1 saturated heterocycles. The highest BCUT2D eigenvalue weighted by molar-refractivity contribution is 6.32. The largest absolute Gasteiger partial charge is 0.389 e. The summed E-state index contributed by atoms with van der Waals surface area (Å²) in [6.45, 7) is 1.95. The number of aromatic nitrogens is 2. The summed E-state index contributed by atoms with van der Waals surface area (Å²) in [5.41, 5.74) is 7.00. The average Bonchev–Trinajstić information content (AvgIpc) is 3.63. The van der Waals surface area contributed by atoms with E-state index >= 15 is 4.39 Å². The number of nitrogens with two attached hydrogens (primary N) is 1. The maximum absolute atomic E-state index is 16.7. The van der Waals surface area contributed by atoms with Crippen LogP contribution < -0.4 is 16.0 Å². The van der Waals surface area contributed by atoms with Gasteiger partial charge in [-0.15, -0.1) is 0 Å². The van der Waals surface area contributed by atoms with Crippen LogP contribution in [0.4, 0.5) is 21.0 Å². The van der Waals surface area contributed by atoms with Crippen LogP contribution in [0, 0.1) is 11.7 Å². The van der Waals surface area contributed by atoms with E-state index in [2.05, 4.69) is 10.3 Å². The number of aliphatic hydroxyl groups is 1. The molecule has 3 atom stereocenters. The zero-order chi connectivity index (χ0) is 29.1. The number of urea groups is 1. The van der Waals surface area contributed by atoms with Crippen molar-refractivity contribution in [2.45, 2.75) is 30.8 Å². The van der Waals surface area contributed by atoms with Crippen molar-refractivity contribution in [1.82, 2.24) is 19.8 Å². The van der Waals surface area contributed by atoms with Crippen LogP contribution in [0.25, 0.3) is 10.9 Å². The first-order chi connectivity index (χ1) is 19.6. The molecule has 216 valence electrons. The molecule has 0 spiro atoms. The molecule has 0 radical (unpaired) electrons. The van der Waals surface area contributed by atoms with Crippen LogP contribution >= 0.6 is 11.6 Å². The molecule has 10 nitrogen and oxygen atoms in total. The maximum Gasteiger partial charge on any atom is 0.314 e. The first kappa shape index (κ1) is 27.5. The molecule has 3 aliphatic rings. The molecule has 41 heavy (non-hydrogen) atoms. The quantitative estimate of drug-likeness (QED) is 0.408. The lowest BCUT2D eigenvalue weighted by Crippen LogP contribution is -2.50. The van der Waals surface area contributed by atoms with Crippen LogP contribution in [0.1, 0.15) is 35.4 Å². The predicted molar refractivity (Wildman–Crippen MR) is 155 cm³/mol. The number of nitrogens with one attached hydrogen (secondary N) is 1. The van der Waals surface area contributed by atoms with Gasteiger partial charge in [-0.1, -0.05) is 35.9 Å². The molecule has 2 fully saturated rings. The van der Waals surface area contributed by atoms with E-state index in [1.165, 1.54) is 4.90 Å². The molecule has 3 aromatic rings. The third-order valence-electron chi connectivity index (χ3n) is 8.61. The Balaban J connectivity index is 1.44. The predicted octanol–water partition coefficient (Wildman–Crippen LogP) is 2.95. The summed E-state index contributed by atoms with van der Waals surface area (Å²) in [6.07, 6.45) is 1.33. The van der Waals surface area contributed by atoms with Gasteiger partial charge in [-0.25, -0.2) is 14.2 Å². The van der Waals surface area contributed by atoms with Gasteiger partial charge in [0.25, 0.3) is 0 Å². The number of hydrogen-bond acceptors (Lipinski definition) is 7. The minimum Gasteiger partial charge on any atom is -0.389 e. The fourth-order valence-electron chi connectivity index (χ4n) is 6.30. The Labute approximate surface area is 242 Å².